The Kier molecular flexibility index (Phi) is 7.30. The maximum atomic E-state index is 12.7. The molecule has 0 saturated carbocycles. The second-order valence-electron chi connectivity index (χ2n) is 5.69. The van der Waals surface area contributed by atoms with Crippen LogP contribution < -0.4 is 10.1 Å². The van der Waals surface area contributed by atoms with Gasteiger partial charge in [-0.25, -0.2) is 0 Å². The smallest absolute Gasteiger partial charge is 0.261 e. The molecule has 0 heterocycles. The lowest BCUT2D eigenvalue weighted by atomic mass is 10.1. The third-order valence-electron chi connectivity index (χ3n) is 3.81. The van der Waals surface area contributed by atoms with Gasteiger partial charge in [0, 0.05) is 23.6 Å². The zero-order chi connectivity index (χ0) is 19.1. The molecule has 0 unspecified atom stereocenters. The van der Waals surface area contributed by atoms with Crippen LogP contribution in [0.25, 0.3) is 0 Å². The zero-order valence-corrected chi connectivity index (χ0v) is 16.1. The van der Waals surface area contributed by atoms with Gasteiger partial charge in [-0.15, -0.1) is 0 Å². The number of ether oxygens (including phenoxy) is 1. The van der Waals surface area contributed by atoms with Crippen LogP contribution in [0.3, 0.4) is 0 Å². The number of rotatable bonds is 7. The number of hydrogen-bond acceptors (Lipinski definition) is 3. The van der Waals surface area contributed by atoms with Crippen LogP contribution in [-0.4, -0.2) is 36.4 Å². The van der Waals surface area contributed by atoms with Crippen LogP contribution in [0, 0.1) is 0 Å². The molecule has 7 heteroatoms. The Hall–Kier alpha value is -2.24. The van der Waals surface area contributed by atoms with Gasteiger partial charge < -0.3 is 15.0 Å². The van der Waals surface area contributed by atoms with E-state index >= 15 is 0 Å². The topological polar surface area (TPSA) is 58.6 Å². The molecule has 2 rings (SSSR count). The second-order valence-corrected chi connectivity index (χ2v) is 6.56. The molecule has 2 amide bonds. The van der Waals surface area contributed by atoms with Crippen LogP contribution in [0.4, 0.5) is 0 Å². The summed E-state index contributed by atoms with van der Waals surface area (Å²) >= 11 is 11.9. The van der Waals surface area contributed by atoms with Crippen molar-refractivity contribution in [2.24, 2.45) is 0 Å². The van der Waals surface area contributed by atoms with E-state index < -0.39 is 6.04 Å². The normalized spacial score (nSPS) is 11.5. The Labute approximate surface area is 162 Å². The fourth-order valence-corrected chi connectivity index (χ4v) is 2.80. The van der Waals surface area contributed by atoms with Gasteiger partial charge in [-0.3, -0.25) is 9.59 Å². The molecule has 1 N–H and O–H groups in total. The molecule has 0 aliphatic heterocycles. The van der Waals surface area contributed by atoms with Crippen molar-refractivity contribution >= 4 is 35.0 Å². The molecule has 0 aliphatic carbocycles. The first-order valence-corrected chi connectivity index (χ1v) is 8.80. The fraction of sp³-hybridized carbons (Fsp3) is 0.263. The van der Waals surface area contributed by atoms with Crippen molar-refractivity contribution in [3.8, 4) is 5.75 Å². The molecular weight excluding hydrogens is 375 g/mol. The molecule has 0 fully saturated rings. The maximum Gasteiger partial charge on any atom is 0.261 e. The van der Waals surface area contributed by atoms with Crippen molar-refractivity contribution in [3.63, 3.8) is 0 Å². The van der Waals surface area contributed by atoms with Crippen LogP contribution in [0.1, 0.15) is 12.5 Å². The lowest BCUT2D eigenvalue weighted by molar-refractivity contribution is -0.142. The molecule has 0 aliphatic rings. The molecule has 26 heavy (non-hydrogen) atoms. The minimum Gasteiger partial charge on any atom is -0.484 e. The second kappa shape index (κ2) is 9.46. The van der Waals surface area contributed by atoms with Crippen molar-refractivity contribution in [3.05, 3.63) is 64.1 Å². The van der Waals surface area contributed by atoms with Crippen molar-refractivity contribution in [2.45, 2.75) is 19.5 Å². The molecule has 0 saturated heterocycles. The number of benzene rings is 2. The molecule has 0 spiro atoms. The number of nitrogens with zero attached hydrogens (tertiary/aromatic N) is 1. The summed E-state index contributed by atoms with van der Waals surface area (Å²) in [5.41, 5.74) is 0.823. The number of halogens is 2. The molecule has 0 bridgehead atoms. The lowest BCUT2D eigenvalue weighted by Crippen LogP contribution is -2.48. The average Bonchev–Trinajstić information content (AvgIpc) is 2.63. The van der Waals surface area contributed by atoms with Crippen LogP contribution in [0.15, 0.2) is 48.5 Å². The zero-order valence-electron chi connectivity index (χ0n) is 14.5. The first kappa shape index (κ1) is 20.1. The number of amides is 2. The number of nitrogens with one attached hydrogen (secondary N) is 1. The van der Waals surface area contributed by atoms with Crippen LogP contribution >= 0.6 is 23.2 Å². The Bertz CT molecular complexity index is 783. The van der Waals surface area contributed by atoms with E-state index in [0.29, 0.717) is 15.8 Å². The van der Waals surface area contributed by atoms with Gasteiger partial charge in [0.1, 0.15) is 11.8 Å². The quantitative estimate of drug-likeness (QED) is 0.780. The van der Waals surface area contributed by atoms with Crippen molar-refractivity contribution in [1.82, 2.24) is 10.2 Å². The summed E-state index contributed by atoms with van der Waals surface area (Å²) < 4.78 is 5.52. The van der Waals surface area contributed by atoms with Crippen LogP contribution in [0.5, 0.6) is 5.75 Å². The first-order valence-electron chi connectivity index (χ1n) is 8.04. The van der Waals surface area contributed by atoms with Gasteiger partial charge in [-0.1, -0.05) is 41.4 Å². The van der Waals surface area contributed by atoms with Gasteiger partial charge in [0.05, 0.1) is 0 Å². The Morgan fingerprint density at radius 3 is 2.38 bits per heavy atom. The molecule has 5 nitrogen and oxygen atoms in total. The summed E-state index contributed by atoms with van der Waals surface area (Å²) in [6, 6.07) is 13.3. The molecule has 2 aromatic carbocycles. The van der Waals surface area contributed by atoms with Gasteiger partial charge in [0.25, 0.3) is 5.91 Å². The highest BCUT2D eigenvalue weighted by Crippen LogP contribution is 2.18. The van der Waals surface area contributed by atoms with Crippen molar-refractivity contribution in [1.29, 1.82) is 0 Å². The Balaban J connectivity index is 2.13. The van der Waals surface area contributed by atoms with E-state index in [9.17, 15) is 9.59 Å². The lowest BCUT2D eigenvalue weighted by Gasteiger charge is -2.28. The van der Waals surface area contributed by atoms with E-state index in [-0.39, 0.29) is 25.0 Å². The largest absolute Gasteiger partial charge is 0.484 e. The number of hydrogen-bond donors (Lipinski definition) is 1. The fourth-order valence-electron chi connectivity index (χ4n) is 2.41. The van der Waals surface area contributed by atoms with E-state index in [1.54, 1.807) is 49.4 Å². The predicted octanol–water partition coefficient (Wildman–Crippen LogP) is 3.54. The summed E-state index contributed by atoms with van der Waals surface area (Å²) in [5, 5.41) is 3.65. The van der Waals surface area contributed by atoms with Gasteiger partial charge in [-0.2, -0.15) is 0 Å². The molecule has 0 aromatic heterocycles. The third kappa shape index (κ3) is 5.64. The Morgan fingerprint density at radius 2 is 1.77 bits per heavy atom. The number of likely N-dealkylation sites (N-methyl/N-ethyl adjacent to an activating group) is 1. The third-order valence-corrected chi connectivity index (χ3v) is 4.28. The molecule has 1 atom stereocenters. The van der Waals surface area contributed by atoms with E-state index in [0.717, 1.165) is 5.56 Å². The van der Waals surface area contributed by atoms with Gasteiger partial charge in [-0.05, 0) is 42.8 Å². The van der Waals surface area contributed by atoms with Gasteiger partial charge >= 0.3 is 0 Å². The number of carbonyl (C=O) groups excluding carboxylic acids is 2. The maximum absolute atomic E-state index is 12.7. The average molecular weight is 395 g/mol. The standard InChI is InChI=1S/C19H20Cl2N2O3/c1-13(19(25)22-2)23(11-14-5-3-6-15(20)9-14)18(24)12-26-17-8-4-7-16(21)10-17/h3-10,13H,11-12H2,1-2H3,(H,22,25)/t13-/m1/s1. The highest BCUT2D eigenvalue weighted by atomic mass is 35.5. The van der Waals surface area contributed by atoms with E-state index in [1.165, 1.54) is 11.9 Å². The van der Waals surface area contributed by atoms with Crippen molar-refractivity contribution in [2.75, 3.05) is 13.7 Å². The molecule has 138 valence electrons. The van der Waals surface area contributed by atoms with E-state index in [1.807, 2.05) is 6.07 Å². The summed E-state index contributed by atoms with van der Waals surface area (Å²) in [7, 11) is 1.53. The minimum absolute atomic E-state index is 0.206. The first-order chi connectivity index (χ1) is 12.4. The Morgan fingerprint density at radius 1 is 1.12 bits per heavy atom. The van der Waals surface area contributed by atoms with Crippen LogP contribution in [-0.2, 0) is 16.1 Å². The highest BCUT2D eigenvalue weighted by Gasteiger charge is 2.25. The van der Waals surface area contributed by atoms with Crippen LogP contribution in [0.2, 0.25) is 10.0 Å². The summed E-state index contributed by atoms with van der Waals surface area (Å²) in [6.45, 7) is 1.70. The van der Waals surface area contributed by atoms with E-state index in [4.69, 9.17) is 27.9 Å². The minimum atomic E-state index is -0.658. The SMILES string of the molecule is CNC(=O)[C@@H](C)N(Cc1cccc(Cl)c1)C(=O)COc1cccc(Cl)c1. The summed E-state index contributed by atoms with van der Waals surface area (Å²) in [5.74, 6) is -0.0923. The van der Waals surface area contributed by atoms with E-state index in [2.05, 4.69) is 5.32 Å². The summed E-state index contributed by atoms with van der Waals surface area (Å²) in [6.07, 6.45) is 0. The summed E-state index contributed by atoms with van der Waals surface area (Å²) in [4.78, 5) is 26.2. The molecule has 2 aromatic rings. The van der Waals surface area contributed by atoms with Crippen molar-refractivity contribution < 1.29 is 14.3 Å². The molecular formula is C19H20Cl2N2O3. The predicted molar refractivity (Wildman–Crippen MR) is 102 cm³/mol. The van der Waals surface area contributed by atoms with Gasteiger partial charge in [0.15, 0.2) is 6.61 Å². The van der Waals surface area contributed by atoms with Gasteiger partial charge in [0.2, 0.25) is 5.91 Å². The number of carbonyl (C=O) groups is 2. The molecule has 0 radical (unpaired) electrons. The highest BCUT2D eigenvalue weighted by molar-refractivity contribution is 6.30. The monoisotopic (exact) mass is 394 g/mol.